The van der Waals surface area contributed by atoms with Gasteiger partial charge in [0.25, 0.3) is 6.08 Å². The molecule has 14 heteroatoms. The van der Waals surface area contributed by atoms with Crippen molar-refractivity contribution in [3.05, 3.63) is 59.3 Å². The molecule has 57 heavy (non-hydrogen) atoms. The summed E-state index contributed by atoms with van der Waals surface area (Å²) in [7, 11) is 5.35. The number of hydrogen-bond acceptors (Lipinski definition) is 9. The average Bonchev–Trinajstić information content (AvgIpc) is 3.66. The van der Waals surface area contributed by atoms with Crippen molar-refractivity contribution in [2.45, 2.75) is 57.2 Å². The molecular formula is C43H45F4N7O3. The molecule has 5 heterocycles. The van der Waals surface area contributed by atoms with Crippen LogP contribution in [-0.2, 0) is 11.8 Å². The van der Waals surface area contributed by atoms with E-state index in [1.807, 2.05) is 11.9 Å². The monoisotopic (exact) mass is 783 g/mol. The average molecular weight is 784 g/mol. The molecule has 1 aliphatic carbocycles. The van der Waals surface area contributed by atoms with Crippen LogP contribution in [0.1, 0.15) is 44.6 Å². The fraction of sp³-hybridized carbons (Fsp3) is 0.465. The number of phenols is 1. The van der Waals surface area contributed by atoms with Gasteiger partial charge in [-0.1, -0.05) is 18.9 Å². The third-order valence-electron chi connectivity index (χ3n) is 12.8. The standard InChI is InChI=1S/C43H45F4N7O3/c1-6-29-33(44)10-7-24-15-28(55)16-30(34(24)29)35-37(45)39-36(31-19-52(4)50-38(31)35)41(49-42(48-39)57-22-43(2)21-51(3)12-11-32(43)40(46)47)54-25-8-9-26(54)18-53(17-25)27-13-23(14-27)20-56-5/h1,7,10,15-16,19,23,25-27,55H,8-9,11-14,17-18,20-22H2,2-5H3/t23?,25?,26?,27?,43-/m1/s1. The van der Waals surface area contributed by atoms with Crippen LogP contribution in [0.5, 0.6) is 11.8 Å². The van der Waals surface area contributed by atoms with Crippen molar-refractivity contribution in [2.24, 2.45) is 18.4 Å². The highest BCUT2D eigenvalue weighted by atomic mass is 19.3. The number of aromatic nitrogens is 4. The minimum absolute atomic E-state index is 0.0225. The molecule has 1 N–H and O–H groups in total. The van der Waals surface area contributed by atoms with Crippen LogP contribution in [0.15, 0.2) is 42.1 Å². The summed E-state index contributed by atoms with van der Waals surface area (Å²) < 4.78 is 75.1. The Balaban J connectivity index is 1.23. The largest absolute Gasteiger partial charge is 0.508 e. The molecule has 0 radical (unpaired) electrons. The maximum Gasteiger partial charge on any atom is 0.319 e. The number of likely N-dealkylation sites (tertiary alicyclic amines) is 2. The number of hydrogen-bond donors (Lipinski definition) is 1. The normalized spacial score (nSPS) is 25.4. The Morgan fingerprint density at radius 2 is 1.79 bits per heavy atom. The van der Waals surface area contributed by atoms with E-state index >= 15 is 8.78 Å². The lowest BCUT2D eigenvalue weighted by molar-refractivity contribution is 0.0199. The highest BCUT2D eigenvalue weighted by Crippen LogP contribution is 2.48. The molecule has 3 atom stereocenters. The molecule has 2 unspecified atom stereocenters. The first-order valence-electron chi connectivity index (χ1n) is 19.5. The molecule has 3 aromatic carbocycles. The quantitative estimate of drug-likeness (QED) is 0.129. The van der Waals surface area contributed by atoms with Gasteiger partial charge in [-0.2, -0.15) is 23.8 Å². The minimum atomic E-state index is -1.72. The minimum Gasteiger partial charge on any atom is -0.508 e. The van der Waals surface area contributed by atoms with Gasteiger partial charge < -0.3 is 24.4 Å². The number of nitrogens with zero attached hydrogens (tertiary/aromatic N) is 7. The first-order valence-corrected chi connectivity index (χ1v) is 19.5. The number of benzene rings is 3. The first-order chi connectivity index (χ1) is 27.4. The summed E-state index contributed by atoms with van der Waals surface area (Å²) >= 11 is 0. The third kappa shape index (κ3) is 6.26. The van der Waals surface area contributed by atoms with Gasteiger partial charge in [0.15, 0.2) is 5.82 Å². The molecular weight excluding hydrogens is 739 g/mol. The van der Waals surface area contributed by atoms with Gasteiger partial charge in [-0.05, 0) is 74.2 Å². The van der Waals surface area contributed by atoms with Crippen molar-refractivity contribution < 1.29 is 32.1 Å². The molecule has 0 spiro atoms. The van der Waals surface area contributed by atoms with Crippen molar-refractivity contribution in [1.82, 2.24) is 29.5 Å². The summed E-state index contributed by atoms with van der Waals surface area (Å²) in [5, 5.41) is 17.3. The van der Waals surface area contributed by atoms with Crippen LogP contribution in [0.25, 0.3) is 43.7 Å². The molecule has 4 aliphatic rings. The number of aryl methyl sites for hydroxylation is 1. The number of rotatable bonds is 8. The van der Waals surface area contributed by atoms with E-state index in [0.717, 1.165) is 45.4 Å². The number of terminal acetylenes is 1. The molecule has 2 aromatic heterocycles. The lowest BCUT2D eigenvalue weighted by Crippen LogP contribution is -2.59. The third-order valence-corrected chi connectivity index (χ3v) is 12.8. The fourth-order valence-electron chi connectivity index (χ4n) is 10.2. The molecule has 0 amide bonds. The van der Waals surface area contributed by atoms with E-state index in [0.29, 0.717) is 47.0 Å². The number of methoxy groups -OCH3 is 1. The van der Waals surface area contributed by atoms with Gasteiger partial charge >= 0.3 is 6.01 Å². The highest BCUT2D eigenvalue weighted by Gasteiger charge is 2.46. The number of piperazine rings is 1. The van der Waals surface area contributed by atoms with Gasteiger partial charge in [-0.15, -0.1) is 6.42 Å². The summed E-state index contributed by atoms with van der Waals surface area (Å²) in [5.41, 5.74) is -0.787. The Bertz CT molecular complexity index is 2490. The lowest BCUT2D eigenvalue weighted by atomic mass is 9.78. The van der Waals surface area contributed by atoms with E-state index in [1.165, 1.54) is 24.3 Å². The number of phenolic OH excluding ortho intramolecular Hbond substituents is 1. The number of fused-ring (bicyclic) bond motifs is 6. The van der Waals surface area contributed by atoms with E-state index in [-0.39, 0.29) is 75.6 Å². The lowest BCUT2D eigenvalue weighted by Gasteiger charge is -2.49. The Hall–Kier alpha value is -4.97. The SMILES string of the molecule is C#Cc1c(F)ccc2cc(O)cc(-c3c(F)c4nc(OC[C@@]5(C)CN(C)CCC5=C(F)F)nc(N5C6CCC5CN(C5CC(COC)C5)C6)c4c4cn(C)nc34)c12. The van der Waals surface area contributed by atoms with Crippen LogP contribution in [0.4, 0.5) is 23.4 Å². The van der Waals surface area contributed by atoms with Crippen LogP contribution in [0.3, 0.4) is 0 Å². The predicted octanol–water partition coefficient (Wildman–Crippen LogP) is 7.25. The molecule has 2 bridgehead atoms. The van der Waals surface area contributed by atoms with Crippen LogP contribution in [-0.4, -0.2) is 106 Å². The maximum atomic E-state index is 17.9. The van der Waals surface area contributed by atoms with Crippen LogP contribution >= 0.6 is 0 Å². The summed E-state index contributed by atoms with van der Waals surface area (Å²) in [4.78, 5) is 16.6. The number of anilines is 1. The van der Waals surface area contributed by atoms with Crippen molar-refractivity contribution in [1.29, 1.82) is 0 Å². The fourth-order valence-corrected chi connectivity index (χ4v) is 10.2. The molecule has 4 fully saturated rings. The van der Waals surface area contributed by atoms with Gasteiger partial charge in [0.1, 0.15) is 35.0 Å². The zero-order valence-corrected chi connectivity index (χ0v) is 32.5. The van der Waals surface area contributed by atoms with E-state index in [4.69, 9.17) is 31.0 Å². The van der Waals surface area contributed by atoms with Crippen molar-refractivity contribution in [3.63, 3.8) is 0 Å². The highest BCUT2D eigenvalue weighted by molar-refractivity contribution is 6.18. The molecule has 1 saturated carbocycles. The Labute approximate surface area is 328 Å². The maximum absolute atomic E-state index is 17.9. The summed E-state index contributed by atoms with van der Waals surface area (Å²) in [6.45, 7) is 4.77. The zero-order valence-electron chi connectivity index (χ0n) is 32.5. The Kier molecular flexibility index (Phi) is 9.33. The van der Waals surface area contributed by atoms with E-state index in [1.54, 1.807) is 32.0 Å². The Morgan fingerprint density at radius 3 is 2.49 bits per heavy atom. The van der Waals surface area contributed by atoms with E-state index in [9.17, 15) is 13.9 Å². The van der Waals surface area contributed by atoms with Crippen molar-refractivity contribution in [2.75, 3.05) is 58.5 Å². The summed E-state index contributed by atoms with van der Waals surface area (Å²) in [6.07, 6.45) is 10.1. The van der Waals surface area contributed by atoms with Gasteiger partial charge in [-0.3, -0.25) is 9.58 Å². The number of aromatic hydroxyl groups is 1. The molecule has 3 aliphatic heterocycles. The molecule has 298 valence electrons. The topological polar surface area (TPSA) is 92.0 Å². The van der Waals surface area contributed by atoms with Crippen molar-refractivity contribution in [3.8, 4) is 35.2 Å². The van der Waals surface area contributed by atoms with Gasteiger partial charge in [0.2, 0.25) is 0 Å². The number of ether oxygens (including phenoxy) is 2. The smallest absolute Gasteiger partial charge is 0.319 e. The van der Waals surface area contributed by atoms with E-state index < -0.39 is 23.1 Å². The molecule has 9 rings (SSSR count). The van der Waals surface area contributed by atoms with Crippen LogP contribution in [0, 0.1) is 35.3 Å². The Morgan fingerprint density at radius 1 is 1.04 bits per heavy atom. The number of halogens is 4. The second kappa shape index (κ2) is 14.1. The summed E-state index contributed by atoms with van der Waals surface area (Å²) in [6, 6.07) is 5.98. The van der Waals surface area contributed by atoms with Gasteiger partial charge in [0.05, 0.1) is 10.9 Å². The molecule has 10 nitrogen and oxygen atoms in total. The molecule has 3 saturated heterocycles. The predicted molar refractivity (Wildman–Crippen MR) is 210 cm³/mol. The molecule has 5 aromatic rings. The first kappa shape index (κ1) is 37.6. The van der Waals surface area contributed by atoms with Crippen molar-refractivity contribution >= 4 is 38.4 Å². The van der Waals surface area contributed by atoms with Crippen LogP contribution in [0.2, 0.25) is 0 Å². The second-order valence-electron chi connectivity index (χ2n) is 16.7. The van der Waals surface area contributed by atoms with E-state index in [2.05, 4.69) is 15.7 Å². The van der Waals surface area contributed by atoms with Gasteiger partial charge in [0, 0.05) is 98.6 Å². The summed E-state index contributed by atoms with van der Waals surface area (Å²) in [5.74, 6) is 1.85. The van der Waals surface area contributed by atoms with Crippen LogP contribution < -0.4 is 9.64 Å². The second-order valence-corrected chi connectivity index (χ2v) is 16.7. The van der Waals surface area contributed by atoms with Gasteiger partial charge in [-0.25, -0.2) is 8.78 Å². The number of piperidine rings is 1. The zero-order chi connectivity index (χ0) is 39.9.